The Morgan fingerprint density at radius 2 is 1.63 bits per heavy atom. The summed E-state index contributed by atoms with van der Waals surface area (Å²) in [5.41, 5.74) is -0.317. The van der Waals surface area contributed by atoms with E-state index in [1.54, 1.807) is 0 Å². The standard InChI is InChI=1S/C34H53NO7S/c1-21(36)42-26-10-11-32(6)25(29(26,2)3)9-12-34(8)27(32)24(37)19-22-23-20-31(5,28(38)35-17-18-43(39,40)41)14-13-30(23,4)15-16-33(22,34)7/h19,23,25-27H,9-18,20H2,1-8H3,(H,35,38)(H,39,40,41)/t23-,25-,26-,27+,30+,31-,32-,33+,34+/m0/s1. The third-order valence-corrected chi connectivity index (χ3v) is 14.7. The summed E-state index contributed by atoms with van der Waals surface area (Å²) in [7, 11) is -4.16. The van der Waals surface area contributed by atoms with Gasteiger partial charge in [-0.1, -0.05) is 54.0 Å². The number of carbonyl (C=O) groups is 3. The van der Waals surface area contributed by atoms with Crippen molar-refractivity contribution in [3.05, 3.63) is 11.6 Å². The Hall–Kier alpha value is -1.74. The zero-order chi connectivity index (χ0) is 32.0. The highest BCUT2D eigenvalue weighted by molar-refractivity contribution is 7.85. The maximum atomic E-state index is 14.5. The molecule has 0 aromatic carbocycles. The molecule has 2 N–H and O–H groups in total. The number of fused-ring (bicyclic) bond motifs is 7. The summed E-state index contributed by atoms with van der Waals surface area (Å²) in [6.45, 7) is 17.2. The Kier molecular flexibility index (Phi) is 7.69. The summed E-state index contributed by atoms with van der Waals surface area (Å²) in [6.07, 6.45) is 9.64. The number of ether oxygens (including phenoxy) is 1. The molecule has 0 radical (unpaired) electrons. The molecule has 1 amide bonds. The maximum Gasteiger partial charge on any atom is 0.302 e. The van der Waals surface area contributed by atoms with E-state index in [9.17, 15) is 22.8 Å². The van der Waals surface area contributed by atoms with Crippen LogP contribution in [0, 0.1) is 50.2 Å². The van der Waals surface area contributed by atoms with E-state index in [1.165, 1.54) is 12.5 Å². The minimum Gasteiger partial charge on any atom is -0.462 e. The fourth-order valence-corrected chi connectivity index (χ4v) is 11.6. The highest BCUT2D eigenvalue weighted by Crippen LogP contribution is 2.75. The van der Waals surface area contributed by atoms with Crippen LogP contribution in [-0.4, -0.2) is 49.0 Å². The summed E-state index contributed by atoms with van der Waals surface area (Å²) in [5.74, 6) is -0.486. The van der Waals surface area contributed by atoms with Gasteiger partial charge in [0.15, 0.2) is 5.78 Å². The second kappa shape index (κ2) is 10.1. The van der Waals surface area contributed by atoms with Gasteiger partial charge >= 0.3 is 5.97 Å². The van der Waals surface area contributed by atoms with Crippen LogP contribution in [0.2, 0.25) is 0 Å². The number of hydrogen-bond acceptors (Lipinski definition) is 6. The van der Waals surface area contributed by atoms with Crippen molar-refractivity contribution >= 4 is 27.8 Å². The minimum atomic E-state index is -4.16. The molecule has 5 rings (SSSR count). The smallest absolute Gasteiger partial charge is 0.302 e. The van der Waals surface area contributed by atoms with Gasteiger partial charge < -0.3 is 10.1 Å². The van der Waals surface area contributed by atoms with Crippen LogP contribution < -0.4 is 5.32 Å². The molecule has 0 aliphatic heterocycles. The number of carbonyl (C=O) groups excluding carboxylic acids is 3. The predicted molar refractivity (Wildman–Crippen MR) is 164 cm³/mol. The fraction of sp³-hybridized carbons (Fsp3) is 0.853. The van der Waals surface area contributed by atoms with Gasteiger partial charge in [-0.25, -0.2) is 0 Å². The molecule has 4 saturated carbocycles. The average molecular weight is 620 g/mol. The zero-order valence-corrected chi connectivity index (χ0v) is 28.3. The van der Waals surface area contributed by atoms with E-state index in [0.717, 1.165) is 44.9 Å². The molecule has 4 fully saturated rings. The number of esters is 1. The van der Waals surface area contributed by atoms with Crippen molar-refractivity contribution in [1.29, 1.82) is 0 Å². The lowest BCUT2D eigenvalue weighted by atomic mass is 9.33. The molecule has 9 heteroatoms. The van der Waals surface area contributed by atoms with Gasteiger partial charge in [0.1, 0.15) is 6.10 Å². The number of hydrogen-bond donors (Lipinski definition) is 2. The van der Waals surface area contributed by atoms with Crippen LogP contribution >= 0.6 is 0 Å². The highest BCUT2D eigenvalue weighted by Gasteiger charge is 2.70. The summed E-state index contributed by atoms with van der Waals surface area (Å²) in [6, 6.07) is 0. The first-order chi connectivity index (χ1) is 19.6. The van der Waals surface area contributed by atoms with Crippen LogP contribution in [0.4, 0.5) is 0 Å². The Bertz CT molecular complexity index is 1350. The van der Waals surface area contributed by atoms with Crippen LogP contribution in [0.3, 0.4) is 0 Å². The molecule has 0 aromatic heterocycles. The molecule has 43 heavy (non-hydrogen) atoms. The van der Waals surface area contributed by atoms with Crippen LogP contribution in [0.5, 0.6) is 0 Å². The zero-order valence-electron chi connectivity index (χ0n) is 27.5. The molecule has 0 bridgehead atoms. The quantitative estimate of drug-likeness (QED) is 0.290. The van der Waals surface area contributed by atoms with Gasteiger partial charge in [0.05, 0.1) is 5.75 Å². The van der Waals surface area contributed by atoms with Crippen molar-refractivity contribution in [2.45, 2.75) is 119 Å². The minimum absolute atomic E-state index is 0.00572. The molecule has 0 aromatic rings. The molecule has 0 spiro atoms. The molecule has 9 atom stereocenters. The van der Waals surface area contributed by atoms with Crippen LogP contribution in [0.1, 0.15) is 113 Å². The summed E-state index contributed by atoms with van der Waals surface area (Å²) in [4.78, 5) is 39.9. The second-order valence-electron chi connectivity index (χ2n) is 16.8. The molecule has 0 heterocycles. The molecule has 242 valence electrons. The molecular weight excluding hydrogens is 566 g/mol. The number of amides is 1. The van der Waals surface area contributed by atoms with E-state index in [0.29, 0.717) is 12.8 Å². The third-order valence-electron chi connectivity index (χ3n) is 14.0. The Labute approximate surface area is 258 Å². The topological polar surface area (TPSA) is 127 Å². The van der Waals surface area contributed by atoms with E-state index in [4.69, 9.17) is 9.29 Å². The lowest BCUT2D eigenvalue weighted by molar-refractivity contribution is -0.210. The van der Waals surface area contributed by atoms with E-state index < -0.39 is 21.3 Å². The van der Waals surface area contributed by atoms with Crippen molar-refractivity contribution in [2.24, 2.45) is 50.2 Å². The predicted octanol–water partition coefficient (Wildman–Crippen LogP) is 5.90. The van der Waals surface area contributed by atoms with Gasteiger partial charge in [-0.15, -0.1) is 0 Å². The molecule has 5 aliphatic carbocycles. The molecule has 0 unspecified atom stereocenters. The van der Waals surface area contributed by atoms with Crippen molar-refractivity contribution in [3.8, 4) is 0 Å². The first-order valence-corrected chi connectivity index (χ1v) is 17.9. The Morgan fingerprint density at radius 1 is 0.977 bits per heavy atom. The van der Waals surface area contributed by atoms with Crippen LogP contribution in [-0.2, 0) is 29.2 Å². The Morgan fingerprint density at radius 3 is 2.26 bits per heavy atom. The lowest BCUT2D eigenvalue weighted by Crippen LogP contribution is -2.66. The SMILES string of the molecule is CC(=O)O[C@H]1CC[C@]2(C)[C@H]3C(=O)C=C4[C@@H]5C[C@@](C)(C(=O)NCCS(=O)(=O)O)CC[C@]5(C)CC[C@@]4(C)[C@]3(C)CC[C@H]2C1(C)C. The molecule has 8 nitrogen and oxygen atoms in total. The van der Waals surface area contributed by atoms with Crippen molar-refractivity contribution < 1.29 is 32.1 Å². The summed E-state index contributed by atoms with van der Waals surface area (Å²) >= 11 is 0. The first kappa shape index (κ1) is 32.6. The normalized spacial score (nSPS) is 45.4. The van der Waals surface area contributed by atoms with E-state index in [2.05, 4.69) is 46.9 Å². The van der Waals surface area contributed by atoms with Crippen molar-refractivity contribution in [1.82, 2.24) is 5.32 Å². The monoisotopic (exact) mass is 619 g/mol. The maximum absolute atomic E-state index is 14.5. The molecule has 5 aliphatic rings. The van der Waals surface area contributed by atoms with Crippen molar-refractivity contribution in [3.63, 3.8) is 0 Å². The second-order valence-corrected chi connectivity index (χ2v) is 18.3. The van der Waals surface area contributed by atoms with Gasteiger partial charge in [-0.3, -0.25) is 18.9 Å². The van der Waals surface area contributed by atoms with Crippen LogP contribution in [0.15, 0.2) is 11.6 Å². The lowest BCUT2D eigenvalue weighted by Gasteiger charge is -2.70. The van der Waals surface area contributed by atoms with Gasteiger partial charge in [-0.2, -0.15) is 8.42 Å². The van der Waals surface area contributed by atoms with Gasteiger partial charge in [-0.05, 0) is 97.4 Å². The molecular formula is C34H53NO7S. The number of rotatable bonds is 5. The largest absolute Gasteiger partial charge is 0.462 e. The number of nitrogens with one attached hydrogen (secondary N) is 1. The Balaban J connectivity index is 1.49. The van der Waals surface area contributed by atoms with Gasteiger partial charge in [0.2, 0.25) is 5.91 Å². The van der Waals surface area contributed by atoms with Gasteiger partial charge in [0, 0.05) is 30.2 Å². The first-order valence-electron chi connectivity index (χ1n) is 16.3. The van der Waals surface area contributed by atoms with E-state index in [1.807, 2.05) is 13.0 Å². The van der Waals surface area contributed by atoms with Crippen LogP contribution in [0.25, 0.3) is 0 Å². The number of allylic oxidation sites excluding steroid dienone is 2. The van der Waals surface area contributed by atoms with E-state index in [-0.39, 0.29) is 75.1 Å². The summed E-state index contributed by atoms with van der Waals surface area (Å²) < 4.78 is 37.4. The molecule has 0 saturated heterocycles. The third kappa shape index (κ3) is 4.94. The summed E-state index contributed by atoms with van der Waals surface area (Å²) in [5, 5.41) is 2.76. The highest BCUT2D eigenvalue weighted by atomic mass is 32.2. The number of ketones is 1. The van der Waals surface area contributed by atoms with Crippen molar-refractivity contribution in [2.75, 3.05) is 12.3 Å². The van der Waals surface area contributed by atoms with E-state index >= 15 is 0 Å². The van der Waals surface area contributed by atoms with Gasteiger partial charge in [0.25, 0.3) is 10.1 Å². The average Bonchev–Trinajstić information content (AvgIpc) is 2.87. The fourth-order valence-electron chi connectivity index (χ4n) is 11.3.